The fourth-order valence-electron chi connectivity index (χ4n) is 8.11. The number of rotatable bonds is 17. The SMILES string of the molecule is COc1cc(-c2cn(C)c(=O)c3cc(NC(=O)C4CCN(C)CC4)sc23)cc(OC)c1CN(C)CC(=O)NCCOCCOc1cccc2c1C(=O)N(C1CCC(=O)NC1=O)C2=O.O=CO. The van der Waals surface area contributed by atoms with Gasteiger partial charge >= 0.3 is 0 Å². The van der Waals surface area contributed by atoms with Crippen LogP contribution < -0.4 is 35.7 Å². The summed E-state index contributed by atoms with van der Waals surface area (Å²) < 4.78 is 25.4. The molecule has 0 saturated carbocycles. The molecule has 0 bridgehead atoms. The molecule has 2 saturated heterocycles. The molecule has 7 rings (SSSR count). The highest BCUT2D eigenvalue weighted by Crippen LogP contribution is 2.41. The Balaban J connectivity index is 0.00000234. The molecule has 0 spiro atoms. The first kappa shape index (κ1) is 48.8. The van der Waals surface area contributed by atoms with E-state index in [1.165, 1.54) is 22.0 Å². The minimum atomic E-state index is -1.08. The number of thiophene rings is 1. The Kier molecular flexibility index (Phi) is 16.3. The van der Waals surface area contributed by atoms with Crippen molar-refractivity contribution in [1.29, 1.82) is 0 Å². The van der Waals surface area contributed by atoms with Crippen molar-refractivity contribution in [1.82, 2.24) is 29.9 Å². The lowest BCUT2D eigenvalue weighted by Crippen LogP contribution is -2.54. The van der Waals surface area contributed by atoms with Crippen LogP contribution in [0.25, 0.3) is 21.2 Å². The molecule has 3 aliphatic rings. The standard InChI is InChI=1S/C44H51N7O11S.CH2O2/c1-48-14-11-25(12-15-48)40(54)47-37-21-28-39(63-37)29(23-50(3)42(28)56)26-19-33(59-4)30(34(20-26)60-5)22-49(2)24-36(53)45-13-16-61-17-18-62-32-8-6-7-27-38(32)44(58)51(43(27)57)31-9-10-35(52)46-41(31)55;2-1-3/h6-8,19-21,23,25,31H,9-18,22,24H2,1-5H3,(H,45,53)(H,47,54)(H,46,52,55);1H,(H,2,3). The molecule has 1 atom stereocenters. The van der Waals surface area contributed by atoms with Gasteiger partial charge in [0.25, 0.3) is 23.8 Å². The Bertz CT molecular complexity index is 2540. The van der Waals surface area contributed by atoms with E-state index in [1.54, 1.807) is 52.7 Å². The first-order valence-corrected chi connectivity index (χ1v) is 22.0. The maximum absolute atomic E-state index is 13.3. The van der Waals surface area contributed by atoms with Crippen molar-refractivity contribution in [2.24, 2.45) is 13.0 Å². The summed E-state index contributed by atoms with van der Waals surface area (Å²) in [5.41, 5.74) is 2.24. The fourth-order valence-corrected chi connectivity index (χ4v) is 9.20. The number of methoxy groups -OCH3 is 2. The Morgan fingerprint density at radius 1 is 0.939 bits per heavy atom. The molecule has 21 heteroatoms. The van der Waals surface area contributed by atoms with E-state index in [0.717, 1.165) is 52.2 Å². The van der Waals surface area contributed by atoms with E-state index < -0.39 is 29.7 Å². The predicted molar refractivity (Wildman–Crippen MR) is 242 cm³/mol. The third-order valence-corrected chi connectivity index (χ3v) is 12.5. The molecular formula is C45H53N7O13S. The molecule has 1 unspecified atom stereocenters. The van der Waals surface area contributed by atoms with Gasteiger partial charge in [-0.15, -0.1) is 11.3 Å². The number of nitrogens with one attached hydrogen (secondary N) is 3. The van der Waals surface area contributed by atoms with Gasteiger partial charge in [-0.25, -0.2) is 0 Å². The van der Waals surface area contributed by atoms with E-state index >= 15 is 0 Å². The largest absolute Gasteiger partial charge is 0.496 e. The topological polar surface area (TPSA) is 244 Å². The summed E-state index contributed by atoms with van der Waals surface area (Å²) in [5, 5.41) is 16.1. The molecule has 2 fully saturated rings. The van der Waals surface area contributed by atoms with E-state index in [4.69, 9.17) is 28.8 Å². The number of aryl methyl sites for hydroxylation is 1. The van der Waals surface area contributed by atoms with Gasteiger partial charge in [0.2, 0.25) is 23.6 Å². The molecule has 3 aliphatic heterocycles. The molecule has 66 heavy (non-hydrogen) atoms. The van der Waals surface area contributed by atoms with E-state index in [1.807, 2.05) is 24.1 Å². The number of hydrogen-bond acceptors (Lipinski definition) is 15. The van der Waals surface area contributed by atoms with Crippen molar-refractivity contribution >= 4 is 68.3 Å². The Labute approximate surface area is 383 Å². The van der Waals surface area contributed by atoms with Crippen LogP contribution in [0, 0.1) is 5.92 Å². The summed E-state index contributed by atoms with van der Waals surface area (Å²) >= 11 is 1.36. The number of aromatic nitrogens is 1. The number of benzene rings is 2. The highest BCUT2D eigenvalue weighted by atomic mass is 32.1. The van der Waals surface area contributed by atoms with Gasteiger partial charge < -0.3 is 44.2 Å². The van der Waals surface area contributed by atoms with Crippen molar-refractivity contribution in [2.75, 3.05) is 79.6 Å². The van der Waals surface area contributed by atoms with Crippen LogP contribution in [0.2, 0.25) is 0 Å². The van der Waals surface area contributed by atoms with Crippen molar-refractivity contribution in [3.63, 3.8) is 0 Å². The number of imide groups is 2. The minimum Gasteiger partial charge on any atom is -0.496 e. The van der Waals surface area contributed by atoms with E-state index in [2.05, 4.69) is 20.9 Å². The normalized spacial score (nSPS) is 16.4. The van der Waals surface area contributed by atoms with Crippen LogP contribution in [0.4, 0.5) is 5.00 Å². The smallest absolute Gasteiger partial charge is 0.290 e. The van der Waals surface area contributed by atoms with Crippen LogP contribution in [-0.4, -0.2) is 147 Å². The van der Waals surface area contributed by atoms with Gasteiger partial charge in [0, 0.05) is 44.2 Å². The maximum atomic E-state index is 13.3. The van der Waals surface area contributed by atoms with Gasteiger partial charge in [0.05, 0.1) is 65.8 Å². The minimum absolute atomic E-state index is 0.0207. The summed E-state index contributed by atoms with van der Waals surface area (Å²) in [6.07, 6.45) is 3.41. The van der Waals surface area contributed by atoms with Crippen molar-refractivity contribution < 1.29 is 57.6 Å². The van der Waals surface area contributed by atoms with Gasteiger partial charge in [-0.05, 0) is 82.3 Å². The number of amides is 6. The molecule has 5 heterocycles. The van der Waals surface area contributed by atoms with E-state index in [-0.39, 0.29) is 92.4 Å². The average Bonchev–Trinajstić information content (AvgIpc) is 3.82. The quantitative estimate of drug-likeness (QED) is 0.0675. The molecule has 352 valence electrons. The second-order valence-corrected chi connectivity index (χ2v) is 17.0. The zero-order valence-electron chi connectivity index (χ0n) is 37.3. The summed E-state index contributed by atoms with van der Waals surface area (Å²) in [6.45, 7) is 2.43. The molecule has 4 aromatic rings. The second-order valence-electron chi connectivity index (χ2n) is 16.0. The van der Waals surface area contributed by atoms with E-state index in [0.29, 0.717) is 28.4 Å². The maximum Gasteiger partial charge on any atom is 0.290 e. The monoisotopic (exact) mass is 931 g/mol. The average molecular weight is 932 g/mol. The first-order valence-electron chi connectivity index (χ1n) is 21.2. The van der Waals surface area contributed by atoms with Crippen molar-refractivity contribution in [3.8, 4) is 28.4 Å². The zero-order chi connectivity index (χ0) is 47.7. The molecule has 2 aromatic heterocycles. The molecule has 6 amide bonds. The third kappa shape index (κ3) is 11.0. The van der Waals surface area contributed by atoms with Gasteiger partial charge in [-0.2, -0.15) is 0 Å². The van der Waals surface area contributed by atoms with Crippen LogP contribution in [0.1, 0.15) is 52.0 Å². The van der Waals surface area contributed by atoms with Crippen LogP contribution in [-0.2, 0) is 42.3 Å². The van der Waals surface area contributed by atoms with Crippen LogP contribution in [0.5, 0.6) is 17.2 Å². The number of carbonyl (C=O) groups is 7. The Morgan fingerprint density at radius 2 is 1.64 bits per heavy atom. The van der Waals surface area contributed by atoms with Gasteiger partial charge in [-0.1, -0.05) is 6.07 Å². The predicted octanol–water partition coefficient (Wildman–Crippen LogP) is 2.31. The summed E-state index contributed by atoms with van der Waals surface area (Å²) in [5.74, 6) is -1.54. The number of hydrogen-bond donors (Lipinski definition) is 4. The Hall–Kier alpha value is -6.68. The van der Waals surface area contributed by atoms with Gasteiger partial charge in [-0.3, -0.25) is 53.5 Å². The zero-order valence-corrected chi connectivity index (χ0v) is 38.1. The molecule has 20 nitrogen and oxygen atoms in total. The molecule has 2 aromatic carbocycles. The molecule has 4 N–H and O–H groups in total. The van der Waals surface area contributed by atoms with Crippen molar-refractivity contribution in [3.05, 3.63) is 69.6 Å². The number of piperidine rings is 2. The summed E-state index contributed by atoms with van der Waals surface area (Å²) in [4.78, 5) is 103. The number of pyridine rings is 1. The van der Waals surface area contributed by atoms with Gasteiger partial charge in [0.15, 0.2) is 0 Å². The number of carbonyl (C=O) groups excluding carboxylic acids is 6. The molecular weight excluding hydrogens is 879 g/mol. The number of nitrogens with zero attached hydrogens (tertiary/aromatic N) is 4. The third-order valence-electron chi connectivity index (χ3n) is 11.4. The van der Waals surface area contributed by atoms with Crippen LogP contribution in [0.15, 0.2) is 47.4 Å². The number of ether oxygens (including phenoxy) is 4. The van der Waals surface area contributed by atoms with Crippen molar-refractivity contribution in [2.45, 2.75) is 38.3 Å². The summed E-state index contributed by atoms with van der Waals surface area (Å²) in [7, 11) is 8.66. The van der Waals surface area contributed by atoms with Gasteiger partial charge in [0.1, 0.15) is 29.9 Å². The lowest BCUT2D eigenvalue weighted by atomic mass is 9.96. The number of likely N-dealkylation sites (tertiary alicyclic amines) is 1. The second kappa shape index (κ2) is 22.0. The Morgan fingerprint density at radius 3 is 2.30 bits per heavy atom. The van der Waals surface area contributed by atoms with Crippen LogP contribution in [0.3, 0.4) is 0 Å². The molecule has 0 radical (unpaired) electrons. The number of carboxylic acid groups (broad SMARTS) is 1. The lowest BCUT2D eigenvalue weighted by Gasteiger charge is -2.27. The summed E-state index contributed by atoms with van der Waals surface area (Å²) in [6, 6.07) is 9.04. The fraction of sp³-hybridized carbons (Fsp3) is 0.422. The first-order chi connectivity index (χ1) is 31.7. The highest BCUT2D eigenvalue weighted by molar-refractivity contribution is 7.23. The number of fused-ring (bicyclic) bond motifs is 2. The molecule has 0 aliphatic carbocycles. The van der Waals surface area contributed by atoms with E-state index in [9.17, 15) is 33.6 Å². The van der Waals surface area contributed by atoms with Crippen LogP contribution >= 0.6 is 11.3 Å². The number of likely N-dealkylation sites (N-methyl/N-ethyl adjacent to an activating group) is 1. The highest BCUT2D eigenvalue weighted by Gasteiger charge is 2.46. The number of anilines is 1. The lowest BCUT2D eigenvalue weighted by molar-refractivity contribution is -0.136.